The molecule has 1 N–H and O–H groups in total. The summed E-state index contributed by atoms with van der Waals surface area (Å²) in [4.78, 5) is 40.9. The van der Waals surface area contributed by atoms with E-state index in [1.165, 1.54) is 5.57 Å². The summed E-state index contributed by atoms with van der Waals surface area (Å²) in [5, 5.41) is 2.49. The van der Waals surface area contributed by atoms with Crippen molar-refractivity contribution in [2.75, 3.05) is 0 Å². The molecule has 1 aromatic rings. The SMILES string of the molecule is C=C[C@@]1(C)C=C(C)C2C3[C@H](Oc4ccc(cc4)CC4C(=O)NC(=O)[C@H]4C(=O)[C@H]31)C1[C@@H](C)C[C@@H](C)C[C@@]21C. The zero-order valence-electron chi connectivity index (χ0n) is 22.6. The lowest BCUT2D eigenvalue weighted by Crippen LogP contribution is -2.51. The third kappa shape index (κ3) is 3.38. The Morgan fingerprint density at radius 1 is 1.05 bits per heavy atom. The van der Waals surface area contributed by atoms with Gasteiger partial charge in [0.1, 0.15) is 17.8 Å². The molecule has 196 valence electrons. The first-order valence-corrected chi connectivity index (χ1v) is 14.0. The molecule has 1 aromatic carbocycles. The predicted octanol–water partition coefficient (Wildman–Crippen LogP) is 5.15. The van der Waals surface area contributed by atoms with Crippen molar-refractivity contribution in [2.24, 2.45) is 58.2 Å². The fourth-order valence-corrected chi connectivity index (χ4v) is 9.90. The van der Waals surface area contributed by atoms with Crippen LogP contribution in [0.2, 0.25) is 0 Å². The number of imide groups is 1. The molecular formula is C32H39NO4. The summed E-state index contributed by atoms with van der Waals surface area (Å²) in [6.45, 7) is 15.6. The lowest BCUT2D eigenvalue weighted by atomic mass is 9.53. The van der Waals surface area contributed by atoms with Crippen molar-refractivity contribution in [3.05, 3.63) is 54.1 Å². The zero-order chi connectivity index (χ0) is 26.4. The van der Waals surface area contributed by atoms with E-state index in [4.69, 9.17) is 4.74 Å². The number of hydrogen-bond donors (Lipinski definition) is 1. The molecule has 5 heteroatoms. The quantitative estimate of drug-likeness (QED) is 0.328. The number of rotatable bonds is 1. The molecule has 7 rings (SSSR count). The van der Waals surface area contributed by atoms with Crippen molar-refractivity contribution in [3.8, 4) is 5.75 Å². The molecule has 37 heavy (non-hydrogen) atoms. The van der Waals surface area contributed by atoms with Gasteiger partial charge < -0.3 is 4.74 Å². The number of amides is 2. The van der Waals surface area contributed by atoms with E-state index in [0.29, 0.717) is 18.3 Å². The summed E-state index contributed by atoms with van der Waals surface area (Å²) < 4.78 is 6.95. The van der Waals surface area contributed by atoms with Crippen molar-refractivity contribution in [3.63, 3.8) is 0 Å². The summed E-state index contributed by atoms with van der Waals surface area (Å²) in [5.41, 5.74) is 1.56. The number of nitrogens with one attached hydrogen (secondary N) is 1. The second kappa shape index (κ2) is 8.15. The van der Waals surface area contributed by atoms with Crippen LogP contribution in [0.25, 0.3) is 0 Å². The van der Waals surface area contributed by atoms with Crippen molar-refractivity contribution in [1.82, 2.24) is 5.32 Å². The van der Waals surface area contributed by atoms with Crippen LogP contribution in [-0.4, -0.2) is 23.7 Å². The highest BCUT2D eigenvalue weighted by Gasteiger charge is 2.68. The van der Waals surface area contributed by atoms with Crippen LogP contribution in [0.3, 0.4) is 0 Å². The number of fused-ring (bicyclic) bond motifs is 4. The number of benzene rings is 1. The van der Waals surface area contributed by atoms with Gasteiger partial charge >= 0.3 is 0 Å². The lowest BCUT2D eigenvalue weighted by molar-refractivity contribution is -0.141. The second-order valence-electron chi connectivity index (χ2n) is 13.3. The van der Waals surface area contributed by atoms with Crippen LogP contribution in [-0.2, 0) is 20.8 Å². The van der Waals surface area contributed by atoms with E-state index >= 15 is 0 Å². The molecular weight excluding hydrogens is 462 g/mol. The standard InChI is InChI=1S/C32H39NO4/c1-7-31(5)15-18(4)24-23-26(31)27(34)22-21(29(35)33-30(22)36)13-19-8-10-20(11-9-19)37-28(23)25-17(3)12-16(2)14-32(24,25)6/h7-11,15-17,21-26,28H,1,12-14H2,2-6H3,(H,33,35,36)/t16-,17+,21?,22-,23?,24?,25?,26+,28+,31+,32+/m1/s1. The van der Waals surface area contributed by atoms with Crippen LogP contribution in [0.15, 0.2) is 48.6 Å². The Morgan fingerprint density at radius 2 is 1.76 bits per heavy atom. The number of carbonyl (C=O) groups is 3. The molecule has 3 aliphatic heterocycles. The maximum atomic E-state index is 14.7. The molecule has 1 saturated heterocycles. The van der Waals surface area contributed by atoms with Gasteiger partial charge in [-0.15, -0.1) is 6.58 Å². The maximum absolute atomic E-state index is 14.7. The van der Waals surface area contributed by atoms with Crippen LogP contribution in [0.4, 0.5) is 0 Å². The average molecular weight is 502 g/mol. The van der Waals surface area contributed by atoms with Gasteiger partial charge in [-0.05, 0) is 67.1 Å². The molecule has 11 atom stereocenters. The second-order valence-corrected chi connectivity index (χ2v) is 13.3. The number of hydrogen-bond acceptors (Lipinski definition) is 4. The number of allylic oxidation sites excluding steroid dienone is 3. The summed E-state index contributed by atoms with van der Waals surface area (Å²) >= 11 is 0. The van der Waals surface area contributed by atoms with Gasteiger partial charge in [-0.1, -0.05) is 57.6 Å². The topological polar surface area (TPSA) is 72.5 Å². The summed E-state index contributed by atoms with van der Waals surface area (Å²) in [5.74, 6) is -0.911. The number of carbonyl (C=O) groups excluding carboxylic acids is 3. The van der Waals surface area contributed by atoms with E-state index in [1.54, 1.807) is 0 Å². The molecule has 0 spiro atoms. The maximum Gasteiger partial charge on any atom is 0.237 e. The molecule has 6 aliphatic rings. The van der Waals surface area contributed by atoms with Gasteiger partial charge in [0.05, 0.1) is 5.92 Å². The minimum atomic E-state index is -0.990. The number of ether oxygens (including phenoxy) is 1. The minimum absolute atomic E-state index is 0.0265. The van der Waals surface area contributed by atoms with Crippen molar-refractivity contribution < 1.29 is 19.1 Å². The molecule has 3 heterocycles. The van der Waals surface area contributed by atoms with Crippen LogP contribution < -0.4 is 10.1 Å². The first-order valence-electron chi connectivity index (χ1n) is 14.0. The zero-order valence-corrected chi connectivity index (χ0v) is 22.6. The molecule has 5 nitrogen and oxygen atoms in total. The van der Waals surface area contributed by atoms with Gasteiger partial charge in [-0.25, -0.2) is 0 Å². The Kier molecular flexibility index (Phi) is 5.43. The van der Waals surface area contributed by atoms with Crippen LogP contribution in [0.1, 0.15) is 53.0 Å². The smallest absolute Gasteiger partial charge is 0.237 e. The first-order chi connectivity index (χ1) is 17.5. The average Bonchev–Trinajstić information content (AvgIpc) is 3.23. The lowest BCUT2D eigenvalue weighted by Gasteiger charge is -2.50. The molecule has 2 bridgehead atoms. The third-order valence-electron chi connectivity index (χ3n) is 10.8. The van der Waals surface area contributed by atoms with Gasteiger partial charge in [0.2, 0.25) is 11.8 Å². The van der Waals surface area contributed by atoms with Crippen molar-refractivity contribution in [2.45, 2.75) is 60.0 Å². The highest BCUT2D eigenvalue weighted by Crippen LogP contribution is 2.68. The molecule has 3 aliphatic carbocycles. The van der Waals surface area contributed by atoms with E-state index in [9.17, 15) is 14.4 Å². The highest BCUT2D eigenvalue weighted by atomic mass is 16.5. The van der Waals surface area contributed by atoms with Gasteiger partial charge in [0.15, 0.2) is 5.78 Å². The molecule has 3 fully saturated rings. The van der Waals surface area contributed by atoms with E-state index in [1.807, 2.05) is 30.3 Å². The Balaban J connectivity index is 1.61. The van der Waals surface area contributed by atoms with E-state index < -0.39 is 29.1 Å². The fraction of sp³-hybridized carbons (Fsp3) is 0.594. The van der Waals surface area contributed by atoms with Crippen molar-refractivity contribution >= 4 is 17.6 Å². The van der Waals surface area contributed by atoms with Crippen LogP contribution in [0, 0.1) is 58.2 Å². The number of ketones is 1. The van der Waals surface area contributed by atoms with Crippen LogP contribution >= 0.6 is 0 Å². The monoisotopic (exact) mass is 501 g/mol. The largest absolute Gasteiger partial charge is 0.490 e. The predicted molar refractivity (Wildman–Crippen MR) is 141 cm³/mol. The first kappa shape index (κ1) is 24.6. The van der Waals surface area contributed by atoms with Gasteiger partial charge in [0, 0.05) is 23.2 Å². The van der Waals surface area contributed by atoms with Crippen molar-refractivity contribution in [1.29, 1.82) is 0 Å². The van der Waals surface area contributed by atoms with Gasteiger partial charge in [-0.2, -0.15) is 0 Å². The summed E-state index contributed by atoms with van der Waals surface area (Å²) in [6, 6.07) is 7.95. The van der Waals surface area contributed by atoms with Gasteiger partial charge in [-0.3, -0.25) is 19.7 Å². The van der Waals surface area contributed by atoms with Crippen LogP contribution in [0.5, 0.6) is 5.75 Å². The molecule has 4 unspecified atom stereocenters. The molecule has 2 saturated carbocycles. The normalized spacial score (nSPS) is 46.5. The van der Waals surface area contributed by atoms with E-state index in [0.717, 1.165) is 24.2 Å². The van der Waals surface area contributed by atoms with Gasteiger partial charge in [0.25, 0.3) is 0 Å². The third-order valence-corrected chi connectivity index (χ3v) is 10.8. The molecule has 0 radical (unpaired) electrons. The van der Waals surface area contributed by atoms with E-state index in [2.05, 4.69) is 52.6 Å². The summed E-state index contributed by atoms with van der Waals surface area (Å²) in [7, 11) is 0. The Morgan fingerprint density at radius 3 is 2.43 bits per heavy atom. The molecule has 0 aromatic heterocycles. The Bertz CT molecular complexity index is 1220. The minimum Gasteiger partial charge on any atom is -0.490 e. The highest BCUT2D eigenvalue weighted by molar-refractivity contribution is 6.16. The summed E-state index contributed by atoms with van der Waals surface area (Å²) in [6.07, 6.45) is 6.53. The number of Topliss-reactive ketones (excluding diaryl/α,β-unsaturated/α-hetero) is 1. The Labute approximate surface area is 220 Å². The van der Waals surface area contributed by atoms with E-state index in [-0.39, 0.29) is 41.0 Å². The Hall–Kier alpha value is -2.69. The molecule has 2 amide bonds. The fourth-order valence-electron chi connectivity index (χ4n) is 9.90.